The van der Waals surface area contributed by atoms with Gasteiger partial charge in [-0.15, -0.1) is 10.2 Å². The number of fused-ring (bicyclic) bond motifs is 1. The van der Waals surface area contributed by atoms with Crippen molar-refractivity contribution in [3.63, 3.8) is 0 Å². The predicted octanol–water partition coefficient (Wildman–Crippen LogP) is -0.947. The fourth-order valence-corrected chi connectivity index (χ4v) is 0.743. The molecule has 0 aliphatic carbocycles. The van der Waals surface area contributed by atoms with Crippen molar-refractivity contribution in [1.29, 1.82) is 0 Å². The third-order valence-electron chi connectivity index (χ3n) is 1.24. The van der Waals surface area contributed by atoms with E-state index in [4.69, 9.17) is 0 Å². The van der Waals surface area contributed by atoms with Crippen molar-refractivity contribution in [3.05, 3.63) is 23.8 Å². The molecule has 0 bridgehead atoms. The SMILES string of the molecule is [O-][n+]1cc2nnncc2cn1. The number of rotatable bonds is 0. The lowest BCUT2D eigenvalue weighted by molar-refractivity contribution is -0.667. The van der Waals surface area contributed by atoms with Crippen molar-refractivity contribution in [1.82, 2.24) is 20.5 Å². The number of hydrogen-bond acceptors (Lipinski definition) is 5. The Morgan fingerprint density at radius 1 is 1.36 bits per heavy atom. The van der Waals surface area contributed by atoms with Gasteiger partial charge >= 0.3 is 0 Å². The summed E-state index contributed by atoms with van der Waals surface area (Å²) in [6.45, 7) is 0. The Kier molecular flexibility index (Phi) is 1.12. The van der Waals surface area contributed by atoms with Gasteiger partial charge in [0.15, 0.2) is 5.52 Å². The molecule has 11 heavy (non-hydrogen) atoms. The lowest BCUT2D eigenvalue weighted by Gasteiger charge is -1.91. The van der Waals surface area contributed by atoms with Crippen LogP contribution < -0.4 is 4.85 Å². The molecule has 6 nitrogen and oxygen atoms in total. The standard InChI is InChI=1S/C5H3N5O/c11-10-3-5-4(2-7-10)1-6-9-8-5/h1-3H. The maximum atomic E-state index is 10.6. The topological polar surface area (TPSA) is 78.5 Å². The lowest BCUT2D eigenvalue weighted by Crippen LogP contribution is -2.29. The highest BCUT2D eigenvalue weighted by Crippen LogP contribution is 2.00. The molecule has 2 aromatic rings. The molecule has 6 heteroatoms. The molecule has 0 aliphatic rings. The second-order valence-electron chi connectivity index (χ2n) is 1.95. The Morgan fingerprint density at radius 2 is 2.27 bits per heavy atom. The zero-order chi connectivity index (χ0) is 7.68. The van der Waals surface area contributed by atoms with Crippen LogP contribution in [0.4, 0.5) is 0 Å². The van der Waals surface area contributed by atoms with Crippen LogP contribution in [0.15, 0.2) is 18.6 Å². The van der Waals surface area contributed by atoms with Crippen LogP contribution in [0, 0.1) is 5.21 Å². The number of aromatic nitrogens is 5. The van der Waals surface area contributed by atoms with Crippen molar-refractivity contribution in [3.8, 4) is 0 Å². The van der Waals surface area contributed by atoms with E-state index >= 15 is 0 Å². The van der Waals surface area contributed by atoms with E-state index in [2.05, 4.69) is 20.5 Å². The molecule has 0 amide bonds. The average Bonchev–Trinajstić information content (AvgIpc) is 2.04. The summed E-state index contributed by atoms with van der Waals surface area (Å²) in [5, 5.41) is 25.3. The minimum absolute atomic E-state index is 0.428. The first-order valence-electron chi connectivity index (χ1n) is 2.90. The van der Waals surface area contributed by atoms with Crippen LogP contribution in [-0.4, -0.2) is 20.5 Å². The maximum absolute atomic E-state index is 10.6. The second-order valence-corrected chi connectivity index (χ2v) is 1.95. The van der Waals surface area contributed by atoms with E-state index in [0.29, 0.717) is 15.7 Å². The van der Waals surface area contributed by atoms with Crippen molar-refractivity contribution in [2.75, 3.05) is 0 Å². The van der Waals surface area contributed by atoms with E-state index in [1.54, 1.807) is 0 Å². The first-order valence-corrected chi connectivity index (χ1v) is 2.90. The Morgan fingerprint density at radius 3 is 3.18 bits per heavy atom. The fourth-order valence-electron chi connectivity index (χ4n) is 0.743. The van der Waals surface area contributed by atoms with Gasteiger partial charge in [-0.2, -0.15) is 0 Å². The highest BCUT2D eigenvalue weighted by atomic mass is 16.5. The molecule has 0 radical (unpaired) electrons. The predicted molar refractivity (Wildman–Crippen MR) is 34.1 cm³/mol. The molecule has 0 saturated heterocycles. The Labute approximate surface area is 61.1 Å². The first-order chi connectivity index (χ1) is 5.36. The highest BCUT2D eigenvalue weighted by molar-refractivity contribution is 5.73. The molecular weight excluding hydrogens is 146 g/mol. The molecule has 0 unspecified atom stereocenters. The van der Waals surface area contributed by atoms with E-state index in [-0.39, 0.29) is 0 Å². The fraction of sp³-hybridized carbons (Fsp3) is 0. The summed E-state index contributed by atoms with van der Waals surface area (Å²) in [7, 11) is 0. The maximum Gasteiger partial charge on any atom is 0.238 e. The van der Waals surface area contributed by atoms with Gasteiger partial charge < -0.3 is 5.21 Å². The van der Waals surface area contributed by atoms with Crippen molar-refractivity contribution >= 4 is 10.9 Å². The van der Waals surface area contributed by atoms with Gasteiger partial charge in [0.1, 0.15) is 6.20 Å². The number of hydrogen-bond donors (Lipinski definition) is 0. The van der Waals surface area contributed by atoms with Gasteiger partial charge in [0.25, 0.3) is 0 Å². The summed E-state index contributed by atoms with van der Waals surface area (Å²) < 4.78 is 0. The molecule has 2 heterocycles. The van der Waals surface area contributed by atoms with E-state index in [9.17, 15) is 5.21 Å². The van der Waals surface area contributed by atoms with Crippen LogP contribution in [0.5, 0.6) is 0 Å². The largest absolute Gasteiger partial charge is 0.594 e. The van der Waals surface area contributed by atoms with Gasteiger partial charge in [-0.05, 0) is 5.21 Å². The summed E-state index contributed by atoms with van der Waals surface area (Å²) in [5.41, 5.74) is 0.491. The smallest absolute Gasteiger partial charge is 0.238 e. The minimum Gasteiger partial charge on any atom is -0.594 e. The lowest BCUT2D eigenvalue weighted by atomic mass is 10.4. The van der Waals surface area contributed by atoms with Gasteiger partial charge in [-0.25, -0.2) is 0 Å². The minimum atomic E-state index is 0.428. The van der Waals surface area contributed by atoms with E-state index in [1.807, 2.05) is 0 Å². The molecule has 2 aromatic heterocycles. The third kappa shape index (κ3) is 0.936. The molecule has 0 saturated carbocycles. The third-order valence-corrected chi connectivity index (χ3v) is 1.24. The van der Waals surface area contributed by atoms with Gasteiger partial charge in [-0.1, -0.05) is 4.85 Å². The van der Waals surface area contributed by atoms with Crippen LogP contribution in [0.25, 0.3) is 10.9 Å². The number of nitrogens with zero attached hydrogens (tertiary/aromatic N) is 5. The van der Waals surface area contributed by atoms with E-state index in [0.717, 1.165) is 0 Å². The molecule has 0 N–H and O–H groups in total. The average molecular weight is 149 g/mol. The summed E-state index contributed by atoms with van der Waals surface area (Å²) in [6, 6.07) is 0. The monoisotopic (exact) mass is 149 g/mol. The second kappa shape index (κ2) is 2.08. The molecule has 0 spiro atoms. The Balaban J connectivity index is 2.83. The molecular formula is C5H3N5O. The van der Waals surface area contributed by atoms with Crippen LogP contribution >= 0.6 is 0 Å². The van der Waals surface area contributed by atoms with Crippen LogP contribution in [-0.2, 0) is 0 Å². The van der Waals surface area contributed by atoms with Gasteiger partial charge in [-0.3, -0.25) is 0 Å². The molecule has 0 atom stereocenters. The van der Waals surface area contributed by atoms with Crippen LogP contribution in [0.1, 0.15) is 0 Å². The van der Waals surface area contributed by atoms with Crippen molar-refractivity contribution in [2.24, 2.45) is 0 Å². The van der Waals surface area contributed by atoms with Gasteiger partial charge in [0.05, 0.1) is 11.6 Å². The molecule has 0 aliphatic heterocycles. The van der Waals surface area contributed by atoms with Crippen LogP contribution in [0.3, 0.4) is 0 Å². The molecule has 0 aromatic carbocycles. The normalized spacial score (nSPS) is 10.2. The summed E-state index contributed by atoms with van der Waals surface area (Å²) in [5.74, 6) is 0. The zero-order valence-corrected chi connectivity index (χ0v) is 5.38. The zero-order valence-electron chi connectivity index (χ0n) is 5.38. The van der Waals surface area contributed by atoms with Crippen molar-refractivity contribution in [2.45, 2.75) is 0 Å². The molecule has 0 fully saturated rings. The van der Waals surface area contributed by atoms with Crippen LogP contribution in [0.2, 0.25) is 0 Å². The summed E-state index contributed by atoms with van der Waals surface area (Å²) in [6.07, 6.45) is 4.13. The van der Waals surface area contributed by atoms with Gasteiger partial charge in [0.2, 0.25) is 6.20 Å². The summed E-state index contributed by atoms with van der Waals surface area (Å²) >= 11 is 0. The first kappa shape index (κ1) is 5.90. The highest BCUT2D eigenvalue weighted by Gasteiger charge is 1.98. The molecule has 54 valence electrons. The van der Waals surface area contributed by atoms with Crippen molar-refractivity contribution < 1.29 is 4.85 Å². The molecule has 2 rings (SSSR count). The Bertz CT molecular complexity index is 389. The quantitative estimate of drug-likeness (QED) is 0.356. The van der Waals surface area contributed by atoms with E-state index in [1.165, 1.54) is 18.6 Å². The van der Waals surface area contributed by atoms with Gasteiger partial charge in [0, 0.05) is 5.10 Å². The van der Waals surface area contributed by atoms with E-state index < -0.39 is 0 Å². The summed E-state index contributed by atoms with van der Waals surface area (Å²) in [4.78, 5) is 0.428. The Hall–Kier alpha value is -1.85.